The highest BCUT2D eigenvalue weighted by molar-refractivity contribution is 5.86. The average molecular weight is 467 g/mol. The van der Waals surface area contributed by atoms with Gasteiger partial charge in [0.2, 0.25) is 0 Å². The number of hydrogen-bond acceptors (Lipinski definition) is 4. The minimum Gasteiger partial charge on any atom is -0.370 e. The van der Waals surface area contributed by atoms with E-state index < -0.39 is 11.4 Å². The molecule has 4 aliphatic rings. The number of aliphatic hydroxyl groups is 1. The van der Waals surface area contributed by atoms with E-state index in [2.05, 4.69) is 51.1 Å². The fourth-order valence-electron chi connectivity index (χ4n) is 8.70. The van der Waals surface area contributed by atoms with Crippen LogP contribution in [0.25, 0.3) is 0 Å². The first kappa shape index (κ1) is 24.2. The molecule has 1 aromatic rings. The van der Waals surface area contributed by atoms with Gasteiger partial charge >= 0.3 is 0 Å². The number of methoxy groups -OCH3 is 1. The Labute approximate surface area is 205 Å². The largest absolute Gasteiger partial charge is 0.370 e. The van der Waals surface area contributed by atoms with Gasteiger partial charge in [-0.15, -0.1) is 0 Å². The molecule has 3 unspecified atom stereocenters. The van der Waals surface area contributed by atoms with Gasteiger partial charge in [0.1, 0.15) is 5.60 Å². The summed E-state index contributed by atoms with van der Waals surface area (Å²) in [4.78, 5) is 12.8. The summed E-state index contributed by atoms with van der Waals surface area (Å²) in [7, 11) is 1.74. The Balaban J connectivity index is 1.35. The molecular weight excluding hydrogens is 424 g/mol. The molecule has 0 aliphatic heterocycles. The van der Waals surface area contributed by atoms with E-state index in [1.807, 2.05) is 0 Å². The van der Waals surface area contributed by atoms with Crippen molar-refractivity contribution < 1.29 is 19.4 Å². The van der Waals surface area contributed by atoms with Gasteiger partial charge in [0.05, 0.1) is 6.61 Å². The highest BCUT2D eigenvalue weighted by atomic mass is 16.6. The summed E-state index contributed by atoms with van der Waals surface area (Å²) in [6.45, 7) is 9.00. The van der Waals surface area contributed by atoms with Crippen LogP contribution in [0.15, 0.2) is 35.9 Å². The van der Waals surface area contributed by atoms with Gasteiger partial charge < -0.3 is 14.6 Å². The van der Waals surface area contributed by atoms with Crippen molar-refractivity contribution in [1.82, 2.24) is 0 Å². The Morgan fingerprint density at radius 2 is 1.76 bits per heavy atom. The molecule has 0 bridgehead atoms. The number of carbonyl (C=O) groups is 1. The summed E-state index contributed by atoms with van der Waals surface area (Å²) < 4.78 is 12.2. The van der Waals surface area contributed by atoms with E-state index >= 15 is 0 Å². The Kier molecular flexibility index (Phi) is 5.90. The Bertz CT molecular complexity index is 982. The van der Waals surface area contributed by atoms with Crippen LogP contribution in [0.4, 0.5) is 0 Å². The van der Waals surface area contributed by atoms with Gasteiger partial charge in [-0.25, -0.2) is 0 Å². The molecule has 4 heteroatoms. The maximum atomic E-state index is 12.8. The standard InChI is InChI=1S/C30H42O4/c1-20-6-8-22(9-7-20)19-34-29(32)17-16-27(3)23(18-29)10-11-24-25(27)12-14-28(4)26(24)13-15-30(28,33-5)21(2)31/h6-10,24-26,32H,11-19H2,1-5H3/t24?,25?,26?,27-,28-,29-,30+/m0/s1. The molecule has 0 radical (unpaired) electrons. The number of Topliss-reactive ketones (excluding diaryl/α,β-unsaturated/α-hetero) is 1. The van der Waals surface area contributed by atoms with Crippen molar-refractivity contribution in [1.29, 1.82) is 0 Å². The van der Waals surface area contributed by atoms with Crippen molar-refractivity contribution in [3.8, 4) is 0 Å². The minimum atomic E-state index is -1.08. The number of ketones is 1. The van der Waals surface area contributed by atoms with Gasteiger partial charge in [0.25, 0.3) is 0 Å². The molecule has 3 saturated carbocycles. The summed E-state index contributed by atoms with van der Waals surface area (Å²) in [5.74, 6) is 0.822. The highest BCUT2D eigenvalue weighted by Crippen LogP contribution is 2.68. The topological polar surface area (TPSA) is 55.8 Å². The van der Waals surface area contributed by atoms with Gasteiger partial charge in [-0.05, 0) is 81.1 Å². The average Bonchev–Trinajstić information content (AvgIpc) is 3.13. The third kappa shape index (κ3) is 3.47. The summed E-state index contributed by atoms with van der Waals surface area (Å²) in [6, 6.07) is 8.35. The van der Waals surface area contributed by atoms with Crippen LogP contribution in [0.5, 0.6) is 0 Å². The van der Waals surface area contributed by atoms with Gasteiger partial charge in [-0.2, -0.15) is 0 Å². The molecule has 0 amide bonds. The quantitative estimate of drug-likeness (QED) is 0.418. The number of hydrogen-bond donors (Lipinski definition) is 1. The Morgan fingerprint density at radius 1 is 1.06 bits per heavy atom. The van der Waals surface area contributed by atoms with Crippen molar-refractivity contribution in [2.75, 3.05) is 7.11 Å². The van der Waals surface area contributed by atoms with Crippen LogP contribution in [-0.4, -0.2) is 29.4 Å². The second kappa shape index (κ2) is 8.28. The predicted molar refractivity (Wildman–Crippen MR) is 133 cm³/mol. The first-order chi connectivity index (χ1) is 16.1. The lowest BCUT2D eigenvalue weighted by molar-refractivity contribution is -0.232. The maximum absolute atomic E-state index is 12.8. The highest BCUT2D eigenvalue weighted by Gasteiger charge is 2.66. The zero-order valence-corrected chi connectivity index (χ0v) is 21.7. The van der Waals surface area contributed by atoms with Gasteiger partial charge in [0.15, 0.2) is 11.6 Å². The monoisotopic (exact) mass is 466 g/mol. The SMILES string of the molecule is CO[C@@]1(C(C)=O)CCC2C3CC=C4C[C@@](O)(OCc5ccc(C)cc5)CC[C@]4(C)C3CC[C@@]21C. The van der Waals surface area contributed by atoms with Crippen LogP contribution < -0.4 is 0 Å². The van der Waals surface area contributed by atoms with Crippen molar-refractivity contribution >= 4 is 5.78 Å². The summed E-state index contributed by atoms with van der Waals surface area (Å²) in [6.07, 6.45) is 9.81. The first-order valence-corrected chi connectivity index (χ1v) is 13.2. The van der Waals surface area contributed by atoms with Crippen LogP contribution in [0, 0.1) is 35.5 Å². The van der Waals surface area contributed by atoms with Crippen LogP contribution in [-0.2, 0) is 20.9 Å². The molecule has 0 aromatic heterocycles. The zero-order chi connectivity index (χ0) is 24.4. The second-order valence-corrected chi connectivity index (χ2v) is 12.2. The fraction of sp³-hybridized carbons (Fsp3) is 0.700. The van der Waals surface area contributed by atoms with E-state index in [4.69, 9.17) is 9.47 Å². The van der Waals surface area contributed by atoms with Gasteiger partial charge in [-0.1, -0.05) is 55.3 Å². The fourth-order valence-corrected chi connectivity index (χ4v) is 8.70. The molecule has 1 N–H and O–H groups in total. The number of ether oxygens (including phenoxy) is 2. The smallest absolute Gasteiger partial charge is 0.169 e. The molecule has 0 spiro atoms. The van der Waals surface area contributed by atoms with Crippen LogP contribution in [0.2, 0.25) is 0 Å². The number of benzene rings is 1. The molecule has 1 aromatic carbocycles. The van der Waals surface area contributed by atoms with E-state index in [0.29, 0.717) is 37.2 Å². The van der Waals surface area contributed by atoms with E-state index in [1.54, 1.807) is 14.0 Å². The molecular formula is C30H42O4. The molecule has 0 saturated heterocycles. The molecule has 7 atom stereocenters. The Morgan fingerprint density at radius 3 is 2.44 bits per heavy atom. The summed E-state index contributed by atoms with van der Waals surface area (Å²) in [5.41, 5.74) is 3.13. The molecule has 5 rings (SSSR count). The lowest BCUT2D eigenvalue weighted by Gasteiger charge is -2.59. The Hall–Kier alpha value is -1.49. The number of aryl methyl sites for hydroxylation is 1. The summed E-state index contributed by atoms with van der Waals surface area (Å²) in [5, 5.41) is 11.4. The van der Waals surface area contributed by atoms with E-state index in [9.17, 15) is 9.90 Å². The number of allylic oxidation sites excluding steroid dienone is 1. The van der Waals surface area contributed by atoms with Gasteiger partial charge in [0, 0.05) is 25.4 Å². The minimum absolute atomic E-state index is 0.0804. The van der Waals surface area contributed by atoms with Crippen molar-refractivity contribution in [2.24, 2.45) is 28.6 Å². The maximum Gasteiger partial charge on any atom is 0.169 e. The lowest BCUT2D eigenvalue weighted by Crippen LogP contribution is -2.58. The molecule has 34 heavy (non-hydrogen) atoms. The van der Waals surface area contributed by atoms with Crippen LogP contribution in [0.1, 0.15) is 83.3 Å². The predicted octanol–water partition coefficient (Wildman–Crippen LogP) is 6.14. The van der Waals surface area contributed by atoms with E-state index in [0.717, 1.165) is 44.1 Å². The van der Waals surface area contributed by atoms with Crippen molar-refractivity contribution in [3.63, 3.8) is 0 Å². The molecule has 0 heterocycles. The number of rotatable bonds is 5. The van der Waals surface area contributed by atoms with Crippen molar-refractivity contribution in [3.05, 3.63) is 47.0 Å². The zero-order valence-electron chi connectivity index (χ0n) is 21.7. The van der Waals surface area contributed by atoms with Crippen LogP contribution >= 0.6 is 0 Å². The third-order valence-corrected chi connectivity index (χ3v) is 10.8. The molecule has 4 nitrogen and oxygen atoms in total. The van der Waals surface area contributed by atoms with E-state index in [1.165, 1.54) is 11.1 Å². The normalized spacial score (nSPS) is 43.5. The lowest BCUT2D eigenvalue weighted by atomic mass is 9.46. The molecule has 3 fully saturated rings. The third-order valence-electron chi connectivity index (χ3n) is 10.8. The summed E-state index contributed by atoms with van der Waals surface area (Å²) >= 11 is 0. The molecule has 186 valence electrons. The number of fused-ring (bicyclic) bond motifs is 5. The van der Waals surface area contributed by atoms with Gasteiger partial charge in [-0.3, -0.25) is 4.79 Å². The molecule has 4 aliphatic carbocycles. The van der Waals surface area contributed by atoms with Crippen molar-refractivity contribution in [2.45, 2.75) is 97.1 Å². The van der Waals surface area contributed by atoms with E-state index in [-0.39, 0.29) is 16.6 Å². The first-order valence-electron chi connectivity index (χ1n) is 13.2. The number of carbonyl (C=O) groups excluding carboxylic acids is 1. The second-order valence-electron chi connectivity index (χ2n) is 12.2. The van der Waals surface area contributed by atoms with Crippen LogP contribution in [0.3, 0.4) is 0 Å².